The zero-order chi connectivity index (χ0) is 8.85. The van der Waals surface area contributed by atoms with Crippen molar-refractivity contribution in [2.75, 3.05) is 13.1 Å². The molecule has 0 aromatic carbocycles. The van der Waals surface area contributed by atoms with Crippen LogP contribution in [-0.2, 0) is 4.79 Å². The van der Waals surface area contributed by atoms with Gasteiger partial charge in [0.2, 0.25) is 0 Å². The second-order valence-electron chi connectivity index (χ2n) is 3.55. The smallest absolute Gasteiger partial charge is 0.143 e. The zero-order valence-electron chi connectivity index (χ0n) is 7.98. The lowest BCUT2D eigenvalue weighted by molar-refractivity contribution is -0.116. The summed E-state index contributed by atoms with van der Waals surface area (Å²) in [7, 11) is 0. The van der Waals surface area contributed by atoms with E-state index in [1.54, 1.807) is 6.92 Å². The maximum Gasteiger partial charge on any atom is 0.143 e. The van der Waals surface area contributed by atoms with Crippen LogP contribution in [0.5, 0.6) is 0 Å². The normalized spacial score (nSPS) is 13.5. The fourth-order valence-corrected chi connectivity index (χ4v) is 0.712. The fourth-order valence-electron chi connectivity index (χ4n) is 0.712. The summed E-state index contributed by atoms with van der Waals surface area (Å²) in [4.78, 5) is 10.5. The topological polar surface area (TPSA) is 29.1 Å². The van der Waals surface area contributed by atoms with E-state index in [9.17, 15) is 4.79 Å². The summed E-state index contributed by atoms with van der Waals surface area (Å²) in [5, 5.41) is 3.12. The molecule has 0 aromatic rings. The van der Waals surface area contributed by atoms with Gasteiger partial charge in [0.1, 0.15) is 5.78 Å². The first-order chi connectivity index (χ1) is 5.04. The number of carbonyl (C=O) groups is 1. The van der Waals surface area contributed by atoms with Crippen LogP contribution in [0.4, 0.5) is 0 Å². The number of nitrogens with one attached hydrogen (secondary N) is 1. The van der Waals surface area contributed by atoms with Crippen molar-refractivity contribution in [2.24, 2.45) is 11.8 Å². The maximum absolute atomic E-state index is 10.5. The molecule has 0 radical (unpaired) electrons. The number of hydrogen-bond donors (Lipinski definition) is 1. The van der Waals surface area contributed by atoms with Crippen LogP contribution < -0.4 is 5.32 Å². The second kappa shape index (κ2) is 5.30. The molecule has 2 nitrogen and oxygen atoms in total. The highest BCUT2D eigenvalue weighted by Gasteiger charge is 2.05. The molecule has 1 atom stereocenters. The predicted molar refractivity (Wildman–Crippen MR) is 47.6 cm³/mol. The number of rotatable bonds is 5. The highest BCUT2D eigenvalue weighted by atomic mass is 16.1. The van der Waals surface area contributed by atoms with Crippen molar-refractivity contribution in [1.82, 2.24) is 5.32 Å². The van der Waals surface area contributed by atoms with Gasteiger partial charge in [-0.15, -0.1) is 0 Å². The Hall–Kier alpha value is -0.370. The van der Waals surface area contributed by atoms with Gasteiger partial charge in [0.05, 0.1) is 6.54 Å². The van der Waals surface area contributed by atoms with Crippen molar-refractivity contribution in [1.29, 1.82) is 0 Å². The molecule has 66 valence electrons. The maximum atomic E-state index is 10.5. The van der Waals surface area contributed by atoms with Crippen molar-refractivity contribution in [3.05, 3.63) is 0 Å². The van der Waals surface area contributed by atoms with Crippen molar-refractivity contribution in [3.8, 4) is 0 Å². The van der Waals surface area contributed by atoms with E-state index in [2.05, 4.69) is 26.1 Å². The Morgan fingerprint density at radius 1 is 1.36 bits per heavy atom. The van der Waals surface area contributed by atoms with Gasteiger partial charge in [0.15, 0.2) is 0 Å². The summed E-state index contributed by atoms with van der Waals surface area (Å²) in [6.45, 7) is 9.64. The molecule has 2 heteroatoms. The Balaban J connectivity index is 3.31. The Morgan fingerprint density at radius 3 is 2.27 bits per heavy atom. The van der Waals surface area contributed by atoms with E-state index in [0.29, 0.717) is 18.4 Å². The Labute approximate surface area is 69.4 Å². The molecule has 0 fully saturated rings. The quantitative estimate of drug-likeness (QED) is 0.654. The molecule has 1 N–H and O–H groups in total. The molecule has 0 rings (SSSR count). The molecule has 1 unspecified atom stereocenters. The molecule has 0 bridgehead atoms. The first-order valence-electron chi connectivity index (χ1n) is 4.24. The first kappa shape index (κ1) is 10.6. The van der Waals surface area contributed by atoms with E-state index in [1.807, 2.05) is 0 Å². The van der Waals surface area contributed by atoms with E-state index in [-0.39, 0.29) is 5.78 Å². The summed E-state index contributed by atoms with van der Waals surface area (Å²) < 4.78 is 0. The molecule has 11 heavy (non-hydrogen) atoms. The van der Waals surface area contributed by atoms with Crippen LogP contribution in [0.3, 0.4) is 0 Å². The van der Waals surface area contributed by atoms with Gasteiger partial charge >= 0.3 is 0 Å². The monoisotopic (exact) mass is 157 g/mol. The van der Waals surface area contributed by atoms with Crippen molar-refractivity contribution in [3.63, 3.8) is 0 Å². The molecule has 0 heterocycles. The van der Waals surface area contributed by atoms with E-state index < -0.39 is 0 Å². The molecule has 0 saturated carbocycles. The number of carbonyl (C=O) groups excluding carboxylic acids is 1. The predicted octanol–water partition coefficient (Wildman–Crippen LogP) is 1.46. The van der Waals surface area contributed by atoms with Crippen LogP contribution in [0.25, 0.3) is 0 Å². The third-order valence-corrected chi connectivity index (χ3v) is 1.98. The van der Waals surface area contributed by atoms with Gasteiger partial charge in [-0.2, -0.15) is 0 Å². The highest BCUT2D eigenvalue weighted by molar-refractivity contribution is 5.77. The average Bonchev–Trinajstić information content (AvgIpc) is 1.86. The summed E-state index contributed by atoms with van der Waals surface area (Å²) >= 11 is 0. The van der Waals surface area contributed by atoms with Crippen molar-refractivity contribution in [2.45, 2.75) is 27.7 Å². The van der Waals surface area contributed by atoms with E-state index in [1.165, 1.54) is 0 Å². The first-order valence-corrected chi connectivity index (χ1v) is 4.24. The van der Waals surface area contributed by atoms with E-state index >= 15 is 0 Å². The standard InChI is InChI=1S/C9H19NO/c1-7(2)8(3)5-10-6-9(4)11/h7-8,10H,5-6H2,1-4H3. The molecular weight excluding hydrogens is 138 g/mol. The Morgan fingerprint density at radius 2 is 1.91 bits per heavy atom. The minimum atomic E-state index is 0.209. The molecule has 0 saturated heterocycles. The molecule has 0 aliphatic heterocycles. The fraction of sp³-hybridized carbons (Fsp3) is 0.889. The van der Waals surface area contributed by atoms with E-state index in [0.717, 1.165) is 6.54 Å². The molecule has 0 amide bonds. The SMILES string of the molecule is CC(=O)CNCC(C)C(C)C. The third-order valence-electron chi connectivity index (χ3n) is 1.98. The number of hydrogen-bond acceptors (Lipinski definition) is 2. The van der Waals surface area contributed by atoms with Gasteiger partial charge < -0.3 is 5.32 Å². The summed E-state index contributed by atoms with van der Waals surface area (Å²) in [6, 6.07) is 0. The summed E-state index contributed by atoms with van der Waals surface area (Å²) in [5.41, 5.74) is 0. The van der Waals surface area contributed by atoms with Crippen molar-refractivity contribution >= 4 is 5.78 Å². The molecule has 0 spiro atoms. The van der Waals surface area contributed by atoms with Crippen LogP contribution >= 0.6 is 0 Å². The van der Waals surface area contributed by atoms with Gasteiger partial charge in [0.25, 0.3) is 0 Å². The number of Topliss-reactive ketones (excluding diaryl/α,β-unsaturated/α-hetero) is 1. The lowest BCUT2D eigenvalue weighted by atomic mass is 9.98. The van der Waals surface area contributed by atoms with Gasteiger partial charge in [-0.05, 0) is 25.3 Å². The number of ketones is 1. The molecule has 0 aromatic heterocycles. The average molecular weight is 157 g/mol. The Bertz CT molecular complexity index is 121. The van der Waals surface area contributed by atoms with Gasteiger partial charge in [0, 0.05) is 0 Å². The molecular formula is C9H19NO. The minimum absolute atomic E-state index is 0.209. The lowest BCUT2D eigenvalue weighted by Crippen LogP contribution is -2.28. The highest BCUT2D eigenvalue weighted by Crippen LogP contribution is 2.06. The second-order valence-corrected chi connectivity index (χ2v) is 3.55. The van der Waals surface area contributed by atoms with Crippen LogP contribution in [0.2, 0.25) is 0 Å². The van der Waals surface area contributed by atoms with Crippen molar-refractivity contribution < 1.29 is 4.79 Å². The van der Waals surface area contributed by atoms with Gasteiger partial charge in [-0.25, -0.2) is 0 Å². The van der Waals surface area contributed by atoms with E-state index in [4.69, 9.17) is 0 Å². The Kier molecular flexibility index (Phi) is 5.12. The van der Waals surface area contributed by atoms with Gasteiger partial charge in [-0.1, -0.05) is 20.8 Å². The summed E-state index contributed by atoms with van der Waals surface area (Å²) in [6.07, 6.45) is 0. The van der Waals surface area contributed by atoms with Crippen LogP contribution in [0.1, 0.15) is 27.7 Å². The van der Waals surface area contributed by atoms with Crippen LogP contribution in [-0.4, -0.2) is 18.9 Å². The molecule has 0 aliphatic carbocycles. The zero-order valence-corrected chi connectivity index (χ0v) is 7.98. The lowest BCUT2D eigenvalue weighted by Gasteiger charge is -2.15. The molecule has 0 aliphatic rings. The summed E-state index contributed by atoms with van der Waals surface area (Å²) in [5.74, 6) is 1.55. The third kappa shape index (κ3) is 6.05. The van der Waals surface area contributed by atoms with Gasteiger partial charge in [-0.3, -0.25) is 4.79 Å². The van der Waals surface area contributed by atoms with Crippen LogP contribution in [0, 0.1) is 11.8 Å². The minimum Gasteiger partial charge on any atom is -0.310 e. The largest absolute Gasteiger partial charge is 0.310 e. The van der Waals surface area contributed by atoms with Crippen LogP contribution in [0.15, 0.2) is 0 Å².